The number of rotatable bonds is 10. The van der Waals surface area contributed by atoms with Gasteiger partial charge in [-0.2, -0.15) is 0 Å². The summed E-state index contributed by atoms with van der Waals surface area (Å²) in [7, 11) is 0. The van der Waals surface area contributed by atoms with E-state index in [1.54, 1.807) is 0 Å². The molecule has 0 aromatic carbocycles. The molecule has 2 aliphatic rings. The summed E-state index contributed by atoms with van der Waals surface area (Å²) in [6.45, 7) is -1.02. The third kappa shape index (κ3) is 6.02. The van der Waals surface area contributed by atoms with Gasteiger partial charge >= 0.3 is 0 Å². The van der Waals surface area contributed by atoms with Gasteiger partial charge in [0.15, 0.2) is 12.6 Å². The van der Waals surface area contributed by atoms with E-state index in [1.165, 1.54) is 0 Å². The highest BCUT2D eigenvalue weighted by Gasteiger charge is 2.50. The number of ether oxygens (including phenoxy) is 4. The Morgan fingerprint density at radius 2 is 1.45 bits per heavy atom. The lowest BCUT2D eigenvalue weighted by molar-refractivity contribution is -0.358. The Labute approximate surface area is 167 Å². The van der Waals surface area contributed by atoms with Crippen molar-refractivity contribution in [3.8, 4) is 0 Å². The molecule has 4 unspecified atom stereocenters. The second-order valence-electron chi connectivity index (χ2n) is 7.20. The fraction of sp³-hybridized carbons (Fsp3) is 1.00. The van der Waals surface area contributed by atoms with Crippen molar-refractivity contribution < 1.29 is 54.0 Å². The van der Waals surface area contributed by atoms with Crippen LogP contribution in [0.1, 0.15) is 19.3 Å². The maximum Gasteiger partial charge on any atom is 0.187 e. The predicted molar refractivity (Wildman–Crippen MR) is 94.1 cm³/mol. The Balaban J connectivity index is 1.98. The molecule has 0 saturated carbocycles. The largest absolute Gasteiger partial charge is 0.394 e. The molecule has 2 saturated heterocycles. The average molecular weight is 429 g/mol. The molecule has 8 N–H and O–H groups in total. The molecule has 172 valence electrons. The molecule has 10 atom stereocenters. The van der Waals surface area contributed by atoms with Crippen LogP contribution >= 0.6 is 0 Å². The van der Waals surface area contributed by atoms with E-state index in [-0.39, 0.29) is 6.61 Å². The Morgan fingerprint density at radius 3 is 2.07 bits per heavy atom. The van der Waals surface area contributed by atoms with Crippen molar-refractivity contribution in [1.82, 2.24) is 0 Å². The summed E-state index contributed by atoms with van der Waals surface area (Å²) >= 11 is 0. The van der Waals surface area contributed by atoms with E-state index in [2.05, 4.69) is 0 Å². The molecular weight excluding hydrogens is 397 g/mol. The van der Waals surface area contributed by atoms with E-state index in [9.17, 15) is 35.0 Å². The molecule has 11 nitrogen and oxygen atoms in total. The number of hydrogen-bond acceptors (Lipinski definition) is 11. The highest BCUT2D eigenvalue weighted by molar-refractivity contribution is 4.94. The van der Waals surface area contributed by atoms with Crippen molar-refractivity contribution in [1.29, 1.82) is 0 Å². The molecule has 2 aliphatic heterocycles. The topological polar surface area (TPSA) is 184 Å². The highest BCUT2D eigenvalue weighted by Crippen LogP contribution is 2.29. The van der Waals surface area contributed by atoms with E-state index in [0.717, 1.165) is 12.8 Å². The quantitative estimate of drug-likeness (QED) is 0.173. The minimum atomic E-state index is -1.74. The van der Waals surface area contributed by atoms with Gasteiger partial charge in [0.2, 0.25) is 0 Å². The number of aliphatic hydroxyl groups excluding tert-OH is 6. The van der Waals surface area contributed by atoms with Crippen molar-refractivity contribution >= 4 is 0 Å². The fourth-order valence-corrected chi connectivity index (χ4v) is 3.29. The maximum absolute atomic E-state index is 13.5. The Kier molecular flexibility index (Phi) is 10.0. The van der Waals surface area contributed by atoms with Crippen LogP contribution in [0.4, 0.5) is 4.39 Å². The van der Waals surface area contributed by atoms with Gasteiger partial charge in [-0.3, -0.25) is 0 Å². The smallest absolute Gasteiger partial charge is 0.187 e. The number of alkyl halides is 1. The monoisotopic (exact) mass is 429 g/mol. The summed E-state index contributed by atoms with van der Waals surface area (Å²) in [6, 6.07) is 0. The van der Waals surface area contributed by atoms with Gasteiger partial charge in [0.25, 0.3) is 0 Å². The minimum absolute atomic E-state index is 0.214. The molecule has 0 spiro atoms. The minimum Gasteiger partial charge on any atom is -0.394 e. The van der Waals surface area contributed by atoms with Crippen LogP contribution in [0.25, 0.3) is 0 Å². The summed E-state index contributed by atoms with van der Waals surface area (Å²) in [4.78, 5) is 0. The molecule has 0 aromatic heterocycles. The van der Waals surface area contributed by atoms with Crippen molar-refractivity contribution in [2.24, 2.45) is 5.73 Å². The van der Waals surface area contributed by atoms with Crippen LogP contribution in [0.15, 0.2) is 0 Å². The Hall–Kier alpha value is -0.510. The number of nitrogens with two attached hydrogens (primary N) is 1. The zero-order valence-electron chi connectivity index (χ0n) is 16.0. The van der Waals surface area contributed by atoms with Crippen LogP contribution in [-0.2, 0) is 18.9 Å². The molecule has 2 rings (SSSR count). The Bertz CT molecular complexity index is 473. The van der Waals surface area contributed by atoms with E-state index >= 15 is 0 Å². The fourth-order valence-electron chi connectivity index (χ4n) is 3.29. The number of unbranched alkanes of at least 4 members (excludes halogenated alkanes) is 2. The normalized spacial score (nSPS) is 43.4. The summed E-state index contributed by atoms with van der Waals surface area (Å²) in [5.74, 6) is 0. The number of halogens is 1. The van der Waals surface area contributed by atoms with Crippen LogP contribution < -0.4 is 5.73 Å². The molecule has 0 aliphatic carbocycles. The zero-order valence-corrected chi connectivity index (χ0v) is 16.0. The molecule has 0 amide bonds. The molecule has 29 heavy (non-hydrogen) atoms. The lowest BCUT2D eigenvalue weighted by Gasteiger charge is -2.45. The third-order valence-electron chi connectivity index (χ3n) is 5.06. The zero-order chi connectivity index (χ0) is 21.6. The molecule has 0 radical (unpaired) electrons. The van der Waals surface area contributed by atoms with Crippen molar-refractivity contribution in [3.63, 3.8) is 0 Å². The summed E-state index contributed by atoms with van der Waals surface area (Å²) < 4.78 is 34.9. The lowest BCUT2D eigenvalue weighted by Crippen LogP contribution is -2.64. The molecule has 2 fully saturated rings. The van der Waals surface area contributed by atoms with Crippen LogP contribution in [0.5, 0.6) is 0 Å². The average Bonchev–Trinajstić information content (AvgIpc) is 2.72. The summed E-state index contributed by atoms with van der Waals surface area (Å²) in [6.07, 6.45) is -12.9. The first kappa shape index (κ1) is 24.8. The van der Waals surface area contributed by atoms with E-state index in [4.69, 9.17) is 24.7 Å². The van der Waals surface area contributed by atoms with Crippen molar-refractivity contribution in [2.45, 2.75) is 80.7 Å². The summed E-state index contributed by atoms with van der Waals surface area (Å²) in [5, 5.41) is 59.5. The molecule has 0 aromatic rings. The van der Waals surface area contributed by atoms with Gasteiger partial charge in [-0.25, -0.2) is 4.39 Å². The van der Waals surface area contributed by atoms with Gasteiger partial charge in [-0.05, 0) is 25.8 Å². The first-order valence-corrected chi connectivity index (χ1v) is 9.70. The molecule has 2 heterocycles. The van der Waals surface area contributed by atoms with Crippen molar-refractivity contribution in [2.75, 3.05) is 26.4 Å². The second-order valence-corrected chi connectivity index (χ2v) is 7.20. The van der Waals surface area contributed by atoms with Gasteiger partial charge < -0.3 is 55.3 Å². The number of aliphatic hydroxyl groups is 6. The third-order valence-corrected chi connectivity index (χ3v) is 5.06. The van der Waals surface area contributed by atoms with Gasteiger partial charge in [-0.1, -0.05) is 0 Å². The lowest BCUT2D eigenvalue weighted by atomic mass is 9.97. The van der Waals surface area contributed by atoms with Crippen molar-refractivity contribution in [3.05, 3.63) is 0 Å². The predicted octanol–water partition coefficient (Wildman–Crippen LogP) is -3.27. The number of hydrogen-bond donors (Lipinski definition) is 7. The van der Waals surface area contributed by atoms with Crippen LogP contribution in [0.2, 0.25) is 0 Å². The molecule has 0 bridgehead atoms. The van der Waals surface area contributed by atoms with Crippen LogP contribution in [0, 0.1) is 0 Å². The van der Waals surface area contributed by atoms with Gasteiger partial charge in [-0.15, -0.1) is 0 Å². The van der Waals surface area contributed by atoms with E-state index < -0.39 is 74.7 Å². The van der Waals surface area contributed by atoms with E-state index in [0.29, 0.717) is 13.0 Å². The highest BCUT2D eigenvalue weighted by atomic mass is 19.1. The van der Waals surface area contributed by atoms with Gasteiger partial charge in [0, 0.05) is 6.61 Å². The molecular formula is C17H32FNO10. The maximum atomic E-state index is 13.5. The SMILES string of the molecule is NCCCCCO[C@@H]1OC(CF)[C@@H](O[C@@H]2OC(CO)[C@H](O)[C@H](O)C2O)[C@H](O)C1O. The Morgan fingerprint density at radius 1 is 0.793 bits per heavy atom. The van der Waals surface area contributed by atoms with Gasteiger partial charge in [0.05, 0.1) is 6.61 Å². The summed E-state index contributed by atoms with van der Waals surface area (Å²) in [5.41, 5.74) is 5.40. The van der Waals surface area contributed by atoms with Gasteiger partial charge in [0.1, 0.15) is 55.5 Å². The molecule has 12 heteroatoms. The van der Waals surface area contributed by atoms with Crippen LogP contribution in [0.3, 0.4) is 0 Å². The first-order chi connectivity index (χ1) is 13.8. The van der Waals surface area contributed by atoms with Crippen LogP contribution in [-0.4, -0.2) is 118 Å². The second kappa shape index (κ2) is 11.8. The first-order valence-electron chi connectivity index (χ1n) is 9.70. The standard InChI is InChI=1S/C17H32FNO10/c18-6-8-15(29-17-13(24)11(22)10(21)9(7-20)28-17)12(23)14(25)16(27-8)26-5-3-1-2-4-19/h8-17,20-25H,1-7,19H2/t8?,9?,10-,11-,12+,13?,14?,15+,16+,17-/m0/s1. The van der Waals surface area contributed by atoms with E-state index in [1.807, 2.05) is 0 Å².